The van der Waals surface area contributed by atoms with Crippen LogP contribution in [0.1, 0.15) is 33.6 Å². The fraction of sp³-hybridized carbons (Fsp3) is 0.875. The molecule has 0 amide bonds. The Morgan fingerprint density at radius 1 is 1.33 bits per heavy atom. The van der Waals surface area contributed by atoms with Crippen molar-refractivity contribution in [1.82, 2.24) is 0 Å². The Balaban J connectivity index is 3.25. The molecule has 0 saturated carbocycles. The lowest BCUT2D eigenvalue weighted by molar-refractivity contribution is 0.439. The quantitative estimate of drug-likeness (QED) is 0.565. The third-order valence-electron chi connectivity index (χ3n) is 1.31. The summed E-state index contributed by atoms with van der Waals surface area (Å²) in [6.45, 7) is 6.42. The summed E-state index contributed by atoms with van der Waals surface area (Å²) in [4.78, 5) is 9.87. The summed E-state index contributed by atoms with van der Waals surface area (Å²) in [5.41, 5.74) is 0. The molecular weight excluding hydrogens is 112 g/mol. The van der Waals surface area contributed by atoms with Crippen LogP contribution in [0, 0.1) is 11.8 Å². The van der Waals surface area contributed by atoms with Gasteiger partial charge in [0, 0.05) is 6.42 Å². The van der Waals surface area contributed by atoms with E-state index in [2.05, 4.69) is 20.8 Å². The molecule has 53 valence electrons. The second kappa shape index (κ2) is 4.54. The first-order valence-electron chi connectivity index (χ1n) is 3.51. The Kier molecular flexibility index (Phi) is 4.37. The van der Waals surface area contributed by atoms with Crippen LogP contribution in [0.5, 0.6) is 0 Å². The molecule has 0 aromatic rings. The Morgan fingerprint density at radius 2 is 1.89 bits per heavy atom. The van der Waals surface area contributed by atoms with Crippen molar-refractivity contribution < 1.29 is 4.79 Å². The van der Waals surface area contributed by atoms with E-state index in [1.54, 1.807) is 0 Å². The summed E-state index contributed by atoms with van der Waals surface area (Å²) in [6.07, 6.45) is 3.65. The SMILES string of the molecule is CC(C)CC(C)C[C]=O. The maximum Gasteiger partial charge on any atom is 0.198 e. The van der Waals surface area contributed by atoms with Crippen LogP contribution in [-0.2, 0) is 4.79 Å². The lowest BCUT2D eigenvalue weighted by atomic mass is 9.97. The second-order valence-corrected chi connectivity index (χ2v) is 3.08. The number of hydrogen-bond acceptors (Lipinski definition) is 1. The van der Waals surface area contributed by atoms with Gasteiger partial charge in [0.25, 0.3) is 0 Å². The zero-order valence-electron chi connectivity index (χ0n) is 6.48. The zero-order valence-corrected chi connectivity index (χ0v) is 6.48. The van der Waals surface area contributed by atoms with Crippen LogP contribution < -0.4 is 0 Å². The third-order valence-corrected chi connectivity index (χ3v) is 1.31. The standard InChI is InChI=1S/C8H15O/c1-7(2)6-8(3)4-5-9/h7-8H,4,6H2,1-3H3. The molecule has 0 aromatic heterocycles. The maximum absolute atomic E-state index is 9.87. The van der Waals surface area contributed by atoms with Crippen molar-refractivity contribution in [3.05, 3.63) is 0 Å². The average molecular weight is 127 g/mol. The van der Waals surface area contributed by atoms with E-state index in [1.165, 1.54) is 0 Å². The van der Waals surface area contributed by atoms with Gasteiger partial charge in [0.15, 0.2) is 6.29 Å². The van der Waals surface area contributed by atoms with Crippen LogP contribution in [0.15, 0.2) is 0 Å². The second-order valence-electron chi connectivity index (χ2n) is 3.08. The molecule has 0 aliphatic rings. The fourth-order valence-corrected chi connectivity index (χ4v) is 1.03. The molecule has 0 aromatic carbocycles. The van der Waals surface area contributed by atoms with E-state index >= 15 is 0 Å². The van der Waals surface area contributed by atoms with Gasteiger partial charge in [-0.05, 0) is 18.3 Å². The topological polar surface area (TPSA) is 17.1 Å². The van der Waals surface area contributed by atoms with Crippen molar-refractivity contribution in [1.29, 1.82) is 0 Å². The number of hydrogen-bond donors (Lipinski definition) is 0. The zero-order chi connectivity index (χ0) is 7.28. The van der Waals surface area contributed by atoms with Crippen molar-refractivity contribution in [3.8, 4) is 0 Å². The molecule has 0 N–H and O–H groups in total. The van der Waals surface area contributed by atoms with E-state index in [4.69, 9.17) is 0 Å². The summed E-state index contributed by atoms with van der Waals surface area (Å²) in [6, 6.07) is 0. The van der Waals surface area contributed by atoms with Crippen LogP contribution in [0.4, 0.5) is 0 Å². The van der Waals surface area contributed by atoms with E-state index in [9.17, 15) is 4.79 Å². The first-order chi connectivity index (χ1) is 4.16. The minimum Gasteiger partial charge on any atom is -0.291 e. The highest BCUT2D eigenvalue weighted by atomic mass is 16.1. The van der Waals surface area contributed by atoms with Crippen molar-refractivity contribution in [2.75, 3.05) is 0 Å². The van der Waals surface area contributed by atoms with Crippen LogP contribution in [0.25, 0.3) is 0 Å². The van der Waals surface area contributed by atoms with Crippen LogP contribution in [-0.4, -0.2) is 6.29 Å². The van der Waals surface area contributed by atoms with Crippen molar-refractivity contribution >= 4 is 6.29 Å². The fourth-order valence-electron chi connectivity index (χ4n) is 1.03. The summed E-state index contributed by atoms with van der Waals surface area (Å²) >= 11 is 0. The molecule has 1 radical (unpaired) electrons. The smallest absolute Gasteiger partial charge is 0.198 e. The van der Waals surface area contributed by atoms with E-state index < -0.39 is 0 Å². The molecule has 9 heavy (non-hydrogen) atoms. The van der Waals surface area contributed by atoms with Crippen LogP contribution in [0.3, 0.4) is 0 Å². The van der Waals surface area contributed by atoms with Gasteiger partial charge in [-0.2, -0.15) is 0 Å². The van der Waals surface area contributed by atoms with E-state index in [1.807, 2.05) is 6.29 Å². The molecule has 0 rings (SSSR count). The molecule has 1 nitrogen and oxygen atoms in total. The Morgan fingerprint density at radius 3 is 2.22 bits per heavy atom. The van der Waals surface area contributed by atoms with Crippen molar-refractivity contribution in [2.45, 2.75) is 33.6 Å². The van der Waals surface area contributed by atoms with Gasteiger partial charge >= 0.3 is 0 Å². The van der Waals surface area contributed by atoms with E-state index in [0.29, 0.717) is 18.3 Å². The first kappa shape index (κ1) is 8.67. The van der Waals surface area contributed by atoms with Gasteiger partial charge in [-0.15, -0.1) is 0 Å². The molecule has 1 unspecified atom stereocenters. The number of carbonyl (C=O) groups excluding carboxylic acids is 1. The Hall–Kier alpha value is -0.330. The van der Waals surface area contributed by atoms with Crippen molar-refractivity contribution in [2.24, 2.45) is 11.8 Å². The third kappa shape index (κ3) is 5.54. The van der Waals surface area contributed by atoms with Crippen LogP contribution in [0.2, 0.25) is 0 Å². The lowest BCUT2D eigenvalue weighted by Crippen LogP contribution is -1.99. The highest BCUT2D eigenvalue weighted by Crippen LogP contribution is 2.12. The summed E-state index contributed by atoms with van der Waals surface area (Å²) in [5.74, 6) is 1.22. The molecule has 0 spiro atoms. The van der Waals surface area contributed by atoms with E-state index in [-0.39, 0.29) is 0 Å². The molecule has 0 aliphatic heterocycles. The molecule has 0 bridgehead atoms. The average Bonchev–Trinajstić information content (AvgIpc) is 1.63. The molecule has 0 fully saturated rings. The molecule has 1 atom stereocenters. The van der Waals surface area contributed by atoms with Gasteiger partial charge in [0.2, 0.25) is 0 Å². The lowest BCUT2D eigenvalue weighted by Gasteiger charge is -2.08. The Bertz CT molecular complexity index is 76.6. The van der Waals surface area contributed by atoms with Gasteiger partial charge in [0.1, 0.15) is 0 Å². The van der Waals surface area contributed by atoms with E-state index in [0.717, 1.165) is 6.42 Å². The van der Waals surface area contributed by atoms with Crippen LogP contribution >= 0.6 is 0 Å². The predicted molar refractivity (Wildman–Crippen MR) is 38.9 cm³/mol. The van der Waals surface area contributed by atoms with Gasteiger partial charge in [-0.3, -0.25) is 4.79 Å². The summed E-state index contributed by atoms with van der Waals surface area (Å²) < 4.78 is 0. The molecular formula is C8H15O. The van der Waals surface area contributed by atoms with Gasteiger partial charge in [-0.25, -0.2) is 0 Å². The maximum atomic E-state index is 9.87. The largest absolute Gasteiger partial charge is 0.291 e. The van der Waals surface area contributed by atoms with Gasteiger partial charge in [-0.1, -0.05) is 20.8 Å². The minimum absolute atomic E-state index is 0.516. The number of rotatable bonds is 4. The van der Waals surface area contributed by atoms with Crippen molar-refractivity contribution in [3.63, 3.8) is 0 Å². The molecule has 0 aliphatic carbocycles. The predicted octanol–water partition coefficient (Wildman–Crippen LogP) is 2.17. The summed E-state index contributed by atoms with van der Waals surface area (Å²) in [5, 5.41) is 0. The van der Waals surface area contributed by atoms with Gasteiger partial charge in [0.05, 0.1) is 0 Å². The van der Waals surface area contributed by atoms with Gasteiger partial charge < -0.3 is 0 Å². The normalized spacial score (nSPS) is 13.8. The first-order valence-corrected chi connectivity index (χ1v) is 3.51. The minimum atomic E-state index is 0.516. The molecule has 1 heteroatoms. The highest BCUT2D eigenvalue weighted by Gasteiger charge is 2.03. The molecule has 0 heterocycles. The highest BCUT2D eigenvalue weighted by molar-refractivity contribution is 5.50. The molecule has 0 saturated heterocycles. The monoisotopic (exact) mass is 127 g/mol. The summed E-state index contributed by atoms with van der Waals surface area (Å²) in [7, 11) is 0. The Labute approximate surface area is 57.5 Å².